The Bertz CT molecular complexity index is 1310. The molecular formula is C27H32FN5OS. The highest BCUT2D eigenvalue weighted by atomic mass is 32.2. The molecule has 0 aliphatic heterocycles. The highest BCUT2D eigenvalue weighted by Crippen LogP contribution is 2.29. The Labute approximate surface area is 209 Å². The Balaban J connectivity index is 1.44. The van der Waals surface area contributed by atoms with Crippen molar-refractivity contribution in [2.75, 3.05) is 12.3 Å². The van der Waals surface area contributed by atoms with Crippen molar-refractivity contribution in [3.8, 4) is 0 Å². The average Bonchev–Trinajstić information content (AvgIpc) is 3.15. The van der Waals surface area contributed by atoms with Crippen molar-refractivity contribution in [1.82, 2.24) is 25.1 Å². The highest BCUT2D eigenvalue weighted by molar-refractivity contribution is 7.99. The molecule has 0 atom stereocenters. The van der Waals surface area contributed by atoms with Crippen LogP contribution in [0.25, 0.3) is 22.1 Å². The van der Waals surface area contributed by atoms with Crippen LogP contribution in [0, 0.1) is 12.7 Å². The van der Waals surface area contributed by atoms with Crippen LogP contribution >= 0.6 is 11.8 Å². The number of hydrogen-bond acceptors (Lipinski definition) is 5. The van der Waals surface area contributed by atoms with Crippen LogP contribution in [0.4, 0.5) is 4.39 Å². The number of halogens is 1. The molecular weight excluding hydrogens is 461 g/mol. The Morgan fingerprint density at radius 1 is 1.09 bits per heavy atom. The zero-order valence-electron chi connectivity index (χ0n) is 20.4. The van der Waals surface area contributed by atoms with Gasteiger partial charge in [0.05, 0.1) is 12.1 Å². The summed E-state index contributed by atoms with van der Waals surface area (Å²) in [5.74, 6) is 0.696. The molecule has 184 valence electrons. The lowest BCUT2D eigenvalue weighted by Crippen LogP contribution is -2.23. The minimum Gasteiger partial charge on any atom is -0.356 e. The smallest absolute Gasteiger partial charge is 0.219 e. The first-order chi connectivity index (χ1) is 17.1. The van der Waals surface area contributed by atoms with Gasteiger partial charge >= 0.3 is 0 Å². The van der Waals surface area contributed by atoms with E-state index in [1.54, 1.807) is 12.1 Å². The molecule has 0 radical (unpaired) electrons. The minimum atomic E-state index is -0.236. The number of amides is 1. The maximum atomic E-state index is 14.4. The quantitative estimate of drug-likeness (QED) is 0.192. The number of nitrogens with one attached hydrogen (secondary N) is 1. The summed E-state index contributed by atoms with van der Waals surface area (Å²) in [4.78, 5) is 16.7. The highest BCUT2D eigenvalue weighted by Gasteiger charge is 2.16. The molecule has 0 saturated heterocycles. The molecule has 0 aliphatic carbocycles. The third-order valence-corrected chi connectivity index (χ3v) is 6.94. The first-order valence-electron chi connectivity index (χ1n) is 12.3. The monoisotopic (exact) mass is 493 g/mol. The summed E-state index contributed by atoms with van der Waals surface area (Å²) in [5.41, 5.74) is 4.12. The number of rotatable bonds is 12. The number of aromatic nitrogens is 4. The third kappa shape index (κ3) is 6.36. The first kappa shape index (κ1) is 25.1. The van der Waals surface area contributed by atoms with E-state index in [1.807, 2.05) is 29.7 Å². The van der Waals surface area contributed by atoms with Gasteiger partial charge in [-0.25, -0.2) is 9.37 Å². The van der Waals surface area contributed by atoms with Gasteiger partial charge in [0.15, 0.2) is 5.65 Å². The number of thioether (sulfide) groups is 1. The van der Waals surface area contributed by atoms with Crippen molar-refractivity contribution in [2.45, 2.75) is 64.1 Å². The SMILES string of the molecule is CCCCCNC(=O)CCCCSc1nnc2c3cc(C)ccc3n(Cc3ccccc3F)c2n1. The van der Waals surface area contributed by atoms with Crippen LogP contribution in [0.2, 0.25) is 0 Å². The fraction of sp³-hybridized carbons (Fsp3) is 0.407. The topological polar surface area (TPSA) is 72.7 Å². The molecule has 0 unspecified atom stereocenters. The molecule has 4 rings (SSSR count). The van der Waals surface area contributed by atoms with Gasteiger partial charge < -0.3 is 9.88 Å². The van der Waals surface area contributed by atoms with Crippen LogP contribution in [-0.2, 0) is 11.3 Å². The second kappa shape index (κ2) is 12.1. The number of benzene rings is 2. The largest absolute Gasteiger partial charge is 0.356 e. The second-order valence-electron chi connectivity index (χ2n) is 8.83. The van der Waals surface area contributed by atoms with Gasteiger partial charge in [0.2, 0.25) is 11.1 Å². The molecule has 0 bridgehead atoms. The third-order valence-electron chi connectivity index (χ3n) is 6.02. The standard InChI is InChI=1S/C27H32FN5OS/c1-3-4-8-15-29-24(34)12-7-9-16-35-27-30-26-25(31-32-27)21-17-19(2)13-14-23(21)33(26)18-20-10-5-6-11-22(20)28/h5-6,10-11,13-14,17H,3-4,7-9,12,15-16,18H2,1-2H3,(H,29,34). The number of fused-ring (bicyclic) bond motifs is 3. The van der Waals surface area contributed by atoms with Gasteiger partial charge in [0.1, 0.15) is 11.3 Å². The van der Waals surface area contributed by atoms with Crippen LogP contribution in [-0.4, -0.2) is 38.0 Å². The van der Waals surface area contributed by atoms with Crippen molar-refractivity contribution < 1.29 is 9.18 Å². The van der Waals surface area contributed by atoms with Gasteiger partial charge in [-0.05, 0) is 44.4 Å². The summed E-state index contributed by atoms with van der Waals surface area (Å²) < 4.78 is 16.4. The van der Waals surface area contributed by atoms with E-state index >= 15 is 0 Å². The molecule has 1 N–H and O–H groups in total. The molecule has 2 aromatic heterocycles. The fourth-order valence-corrected chi connectivity index (χ4v) is 4.90. The zero-order valence-corrected chi connectivity index (χ0v) is 21.2. The molecule has 4 aromatic rings. The lowest BCUT2D eigenvalue weighted by atomic mass is 10.1. The Morgan fingerprint density at radius 2 is 1.94 bits per heavy atom. The number of hydrogen-bond donors (Lipinski definition) is 1. The van der Waals surface area contributed by atoms with Crippen LogP contribution in [0.15, 0.2) is 47.6 Å². The predicted octanol–water partition coefficient (Wildman–Crippen LogP) is 6.04. The lowest BCUT2D eigenvalue weighted by molar-refractivity contribution is -0.121. The van der Waals surface area contributed by atoms with Crippen molar-refractivity contribution in [1.29, 1.82) is 0 Å². The van der Waals surface area contributed by atoms with Crippen molar-refractivity contribution in [2.24, 2.45) is 0 Å². The summed E-state index contributed by atoms with van der Waals surface area (Å²) in [6.45, 7) is 5.32. The number of carbonyl (C=O) groups excluding carboxylic acids is 1. The second-order valence-corrected chi connectivity index (χ2v) is 9.89. The van der Waals surface area contributed by atoms with E-state index in [2.05, 4.69) is 28.5 Å². The van der Waals surface area contributed by atoms with Crippen molar-refractivity contribution in [3.63, 3.8) is 0 Å². The van der Waals surface area contributed by atoms with E-state index < -0.39 is 0 Å². The van der Waals surface area contributed by atoms with E-state index in [4.69, 9.17) is 4.98 Å². The van der Waals surface area contributed by atoms with E-state index in [-0.39, 0.29) is 11.7 Å². The van der Waals surface area contributed by atoms with E-state index in [0.717, 1.165) is 66.4 Å². The van der Waals surface area contributed by atoms with E-state index in [0.29, 0.717) is 29.3 Å². The van der Waals surface area contributed by atoms with Crippen LogP contribution in [0.5, 0.6) is 0 Å². The average molecular weight is 494 g/mol. The molecule has 0 fully saturated rings. The van der Waals surface area contributed by atoms with Gasteiger partial charge in [-0.3, -0.25) is 4.79 Å². The molecule has 1 amide bonds. The van der Waals surface area contributed by atoms with Gasteiger partial charge in [0.25, 0.3) is 0 Å². The van der Waals surface area contributed by atoms with Gasteiger partial charge in [0, 0.05) is 29.7 Å². The van der Waals surface area contributed by atoms with Gasteiger partial charge in [-0.1, -0.05) is 61.4 Å². The number of nitrogens with zero attached hydrogens (tertiary/aromatic N) is 4. The summed E-state index contributed by atoms with van der Waals surface area (Å²) in [7, 11) is 0. The molecule has 0 saturated carbocycles. The maximum absolute atomic E-state index is 14.4. The number of aryl methyl sites for hydroxylation is 1. The summed E-state index contributed by atoms with van der Waals surface area (Å²) >= 11 is 1.54. The Kier molecular flexibility index (Phi) is 8.69. The molecule has 8 heteroatoms. The zero-order chi connectivity index (χ0) is 24.6. The van der Waals surface area contributed by atoms with E-state index in [1.165, 1.54) is 17.8 Å². The predicted molar refractivity (Wildman–Crippen MR) is 140 cm³/mol. The molecule has 2 aromatic carbocycles. The number of carbonyl (C=O) groups is 1. The fourth-order valence-electron chi connectivity index (χ4n) is 4.12. The van der Waals surface area contributed by atoms with Crippen LogP contribution in [0.3, 0.4) is 0 Å². The molecule has 0 aliphatic rings. The van der Waals surface area contributed by atoms with Crippen molar-refractivity contribution in [3.05, 3.63) is 59.4 Å². The molecule has 35 heavy (non-hydrogen) atoms. The first-order valence-corrected chi connectivity index (χ1v) is 13.3. The molecule has 2 heterocycles. The Morgan fingerprint density at radius 3 is 2.77 bits per heavy atom. The maximum Gasteiger partial charge on any atom is 0.219 e. The van der Waals surface area contributed by atoms with Crippen molar-refractivity contribution >= 4 is 39.7 Å². The normalized spacial score (nSPS) is 11.4. The van der Waals surface area contributed by atoms with Crippen LogP contribution in [0.1, 0.15) is 56.6 Å². The summed E-state index contributed by atoms with van der Waals surface area (Å²) in [5, 5.41) is 13.4. The summed E-state index contributed by atoms with van der Waals surface area (Å²) in [6, 6.07) is 13.0. The van der Waals surface area contributed by atoms with Gasteiger partial charge in [-0.15, -0.1) is 10.2 Å². The lowest BCUT2D eigenvalue weighted by Gasteiger charge is -2.08. The molecule has 0 spiro atoms. The minimum absolute atomic E-state index is 0.124. The summed E-state index contributed by atoms with van der Waals surface area (Å²) in [6.07, 6.45) is 5.60. The van der Waals surface area contributed by atoms with E-state index in [9.17, 15) is 9.18 Å². The van der Waals surface area contributed by atoms with Gasteiger partial charge in [-0.2, -0.15) is 0 Å². The molecule has 6 nitrogen and oxygen atoms in total. The van der Waals surface area contributed by atoms with Crippen LogP contribution < -0.4 is 5.32 Å². The number of unbranched alkanes of at least 4 members (excludes halogenated alkanes) is 3. The Hall–Kier alpha value is -3.00.